The van der Waals surface area contributed by atoms with Crippen molar-refractivity contribution < 1.29 is 4.74 Å². The van der Waals surface area contributed by atoms with Crippen LogP contribution >= 0.6 is 0 Å². The molecule has 1 N–H and O–H groups in total. The van der Waals surface area contributed by atoms with Crippen LogP contribution in [0.5, 0.6) is 0 Å². The van der Waals surface area contributed by atoms with Crippen LogP contribution in [-0.2, 0) is 4.74 Å². The van der Waals surface area contributed by atoms with Gasteiger partial charge in [-0.3, -0.25) is 0 Å². The number of pyridine rings is 1. The summed E-state index contributed by atoms with van der Waals surface area (Å²) in [5, 5.41) is 3.47. The van der Waals surface area contributed by atoms with Gasteiger partial charge in [-0.1, -0.05) is 0 Å². The summed E-state index contributed by atoms with van der Waals surface area (Å²) in [5.74, 6) is 0.983. The summed E-state index contributed by atoms with van der Waals surface area (Å²) in [4.78, 5) is 6.38. The van der Waals surface area contributed by atoms with E-state index >= 15 is 0 Å². The molecule has 0 bridgehead atoms. The van der Waals surface area contributed by atoms with Crippen molar-refractivity contribution in [3.8, 4) is 0 Å². The normalized spacial score (nSPS) is 23.0. The summed E-state index contributed by atoms with van der Waals surface area (Å²) in [7, 11) is 3.99. The summed E-state index contributed by atoms with van der Waals surface area (Å²) < 4.78 is 5.53. The Morgan fingerprint density at radius 1 is 1.41 bits per heavy atom. The number of hydrogen-bond donors (Lipinski definition) is 1. The van der Waals surface area contributed by atoms with Gasteiger partial charge in [-0.2, -0.15) is 0 Å². The smallest absolute Gasteiger partial charge is 0.128 e. The van der Waals surface area contributed by atoms with Crippen molar-refractivity contribution in [3.63, 3.8) is 0 Å². The molecule has 4 heteroatoms. The monoisotopic (exact) mass is 235 g/mol. The number of aromatic nitrogens is 1. The molecule has 0 aliphatic heterocycles. The summed E-state index contributed by atoms with van der Waals surface area (Å²) in [6, 6.07) is 4.65. The van der Waals surface area contributed by atoms with Crippen molar-refractivity contribution in [2.24, 2.45) is 0 Å². The lowest BCUT2D eigenvalue weighted by atomic mass is 9.89. The van der Waals surface area contributed by atoms with Crippen LogP contribution in [0.4, 0.5) is 11.5 Å². The van der Waals surface area contributed by atoms with E-state index in [1.807, 2.05) is 38.2 Å². The largest absolute Gasteiger partial charge is 0.381 e. The van der Waals surface area contributed by atoms with E-state index in [4.69, 9.17) is 4.74 Å². The maximum Gasteiger partial charge on any atom is 0.128 e. The van der Waals surface area contributed by atoms with Crippen LogP contribution in [-0.4, -0.2) is 37.8 Å². The van der Waals surface area contributed by atoms with E-state index in [-0.39, 0.29) is 0 Å². The van der Waals surface area contributed by atoms with Crippen LogP contribution in [0.3, 0.4) is 0 Å². The van der Waals surface area contributed by atoms with Gasteiger partial charge in [0.2, 0.25) is 0 Å². The minimum Gasteiger partial charge on any atom is -0.381 e. The van der Waals surface area contributed by atoms with E-state index in [1.54, 1.807) is 0 Å². The van der Waals surface area contributed by atoms with Crippen molar-refractivity contribution in [2.45, 2.75) is 31.9 Å². The fourth-order valence-corrected chi connectivity index (χ4v) is 2.03. The molecule has 1 heterocycles. The third-order valence-electron chi connectivity index (χ3n) is 3.07. The van der Waals surface area contributed by atoms with Crippen molar-refractivity contribution in [2.75, 3.05) is 30.9 Å². The Morgan fingerprint density at radius 3 is 2.71 bits per heavy atom. The highest BCUT2D eigenvalue weighted by Gasteiger charge is 2.29. The molecule has 1 aliphatic carbocycles. The highest BCUT2D eigenvalue weighted by atomic mass is 16.5. The summed E-state index contributed by atoms with van der Waals surface area (Å²) >= 11 is 0. The predicted octanol–water partition coefficient (Wildman–Crippen LogP) is 2.13. The second-order valence-corrected chi connectivity index (χ2v) is 4.69. The molecule has 2 rings (SSSR count). The Labute approximate surface area is 103 Å². The van der Waals surface area contributed by atoms with E-state index in [0.717, 1.165) is 31.0 Å². The molecule has 0 aromatic carbocycles. The van der Waals surface area contributed by atoms with Crippen LogP contribution in [0.2, 0.25) is 0 Å². The molecule has 1 aliphatic rings. The van der Waals surface area contributed by atoms with Gasteiger partial charge in [0, 0.05) is 26.7 Å². The predicted molar refractivity (Wildman–Crippen MR) is 70.6 cm³/mol. The first-order valence-electron chi connectivity index (χ1n) is 6.20. The van der Waals surface area contributed by atoms with E-state index in [0.29, 0.717) is 12.1 Å². The lowest BCUT2D eigenvalue weighted by Crippen LogP contribution is -2.40. The van der Waals surface area contributed by atoms with Gasteiger partial charge in [-0.25, -0.2) is 4.98 Å². The molecule has 1 aromatic rings. The first kappa shape index (κ1) is 12.2. The van der Waals surface area contributed by atoms with Gasteiger partial charge >= 0.3 is 0 Å². The molecule has 0 saturated heterocycles. The maximum atomic E-state index is 5.53. The SMILES string of the molecule is CCOC1CC(Nc2ccc(N(C)C)nc2)C1. The fourth-order valence-electron chi connectivity index (χ4n) is 2.03. The van der Waals surface area contributed by atoms with Gasteiger partial charge in [-0.15, -0.1) is 0 Å². The van der Waals surface area contributed by atoms with Gasteiger partial charge in [0.05, 0.1) is 18.0 Å². The molecule has 4 nitrogen and oxygen atoms in total. The first-order valence-corrected chi connectivity index (χ1v) is 6.20. The molecule has 0 atom stereocenters. The summed E-state index contributed by atoms with van der Waals surface area (Å²) in [5.41, 5.74) is 1.09. The fraction of sp³-hybridized carbons (Fsp3) is 0.615. The maximum absolute atomic E-state index is 5.53. The van der Waals surface area contributed by atoms with E-state index < -0.39 is 0 Å². The molecular weight excluding hydrogens is 214 g/mol. The zero-order valence-corrected chi connectivity index (χ0v) is 10.8. The molecule has 17 heavy (non-hydrogen) atoms. The van der Waals surface area contributed by atoms with Crippen LogP contribution in [0, 0.1) is 0 Å². The van der Waals surface area contributed by atoms with Gasteiger partial charge in [0.25, 0.3) is 0 Å². The van der Waals surface area contributed by atoms with Crippen molar-refractivity contribution in [1.29, 1.82) is 0 Å². The number of nitrogens with one attached hydrogen (secondary N) is 1. The van der Waals surface area contributed by atoms with E-state index in [9.17, 15) is 0 Å². The second-order valence-electron chi connectivity index (χ2n) is 4.69. The topological polar surface area (TPSA) is 37.4 Å². The molecule has 0 spiro atoms. The van der Waals surface area contributed by atoms with Crippen LogP contribution in [0.25, 0.3) is 0 Å². The molecule has 94 valence electrons. The van der Waals surface area contributed by atoms with Crippen LogP contribution in [0.15, 0.2) is 18.3 Å². The molecular formula is C13H21N3O. The van der Waals surface area contributed by atoms with Crippen LogP contribution < -0.4 is 10.2 Å². The number of nitrogens with zero attached hydrogens (tertiary/aromatic N) is 2. The lowest BCUT2D eigenvalue weighted by Gasteiger charge is -2.36. The van der Waals surface area contributed by atoms with Gasteiger partial charge < -0.3 is 15.0 Å². The van der Waals surface area contributed by atoms with Gasteiger partial charge in [0.15, 0.2) is 0 Å². The second kappa shape index (κ2) is 5.36. The first-order chi connectivity index (χ1) is 8.19. The molecule has 0 unspecified atom stereocenters. The molecule has 1 fully saturated rings. The van der Waals surface area contributed by atoms with Gasteiger partial charge in [-0.05, 0) is 31.9 Å². The highest BCUT2D eigenvalue weighted by molar-refractivity contribution is 5.48. The minimum absolute atomic E-state index is 0.450. The third kappa shape index (κ3) is 3.09. The van der Waals surface area contributed by atoms with Crippen molar-refractivity contribution >= 4 is 11.5 Å². The van der Waals surface area contributed by atoms with E-state index in [2.05, 4.69) is 16.4 Å². The average Bonchev–Trinajstić information content (AvgIpc) is 2.27. The number of anilines is 2. The highest BCUT2D eigenvalue weighted by Crippen LogP contribution is 2.26. The number of rotatable bonds is 5. The Hall–Kier alpha value is -1.29. The number of ether oxygens (including phenoxy) is 1. The van der Waals surface area contributed by atoms with Crippen molar-refractivity contribution in [3.05, 3.63) is 18.3 Å². The molecule has 1 aromatic heterocycles. The lowest BCUT2D eigenvalue weighted by molar-refractivity contribution is 0.00299. The minimum atomic E-state index is 0.450. The zero-order valence-electron chi connectivity index (χ0n) is 10.8. The zero-order chi connectivity index (χ0) is 12.3. The summed E-state index contributed by atoms with van der Waals surface area (Å²) in [6.07, 6.45) is 4.54. The molecule has 0 amide bonds. The average molecular weight is 235 g/mol. The quantitative estimate of drug-likeness (QED) is 0.848. The Morgan fingerprint density at radius 2 is 2.18 bits per heavy atom. The molecule has 0 radical (unpaired) electrons. The molecule has 1 saturated carbocycles. The Kier molecular flexibility index (Phi) is 3.84. The number of hydrogen-bond acceptors (Lipinski definition) is 4. The Balaban J connectivity index is 1.80. The summed E-state index contributed by atoms with van der Waals surface area (Å²) in [6.45, 7) is 2.86. The third-order valence-corrected chi connectivity index (χ3v) is 3.07. The van der Waals surface area contributed by atoms with Gasteiger partial charge in [0.1, 0.15) is 5.82 Å². The van der Waals surface area contributed by atoms with E-state index in [1.165, 1.54) is 0 Å². The Bertz CT molecular complexity index is 344. The van der Waals surface area contributed by atoms with Crippen molar-refractivity contribution in [1.82, 2.24) is 4.98 Å². The standard InChI is InChI=1S/C13H21N3O/c1-4-17-12-7-11(8-12)15-10-5-6-13(14-9-10)16(2)3/h5-6,9,11-12,15H,4,7-8H2,1-3H3. The van der Waals surface area contributed by atoms with Crippen LogP contribution in [0.1, 0.15) is 19.8 Å².